The quantitative estimate of drug-likeness (QED) is 0.410. The second kappa shape index (κ2) is 10.9. The first-order valence-corrected chi connectivity index (χ1v) is 11.0. The van der Waals surface area contributed by atoms with E-state index in [0.29, 0.717) is 5.92 Å². The van der Waals surface area contributed by atoms with Crippen LogP contribution in [0.4, 0.5) is 0 Å². The van der Waals surface area contributed by atoms with E-state index in [1.807, 2.05) is 23.9 Å². The van der Waals surface area contributed by atoms with Gasteiger partial charge in [-0.2, -0.15) is 11.8 Å². The number of nitrogens with one attached hydrogen (secondary N) is 2. The lowest BCUT2D eigenvalue weighted by atomic mass is 9.78. The van der Waals surface area contributed by atoms with Crippen LogP contribution in [-0.4, -0.2) is 50.3 Å². The van der Waals surface area contributed by atoms with Gasteiger partial charge in [0.2, 0.25) is 0 Å². The Hall–Kier alpha value is -1.14. The van der Waals surface area contributed by atoms with Gasteiger partial charge in [-0.15, -0.1) is 0 Å². The summed E-state index contributed by atoms with van der Waals surface area (Å²) in [5, 5.41) is 6.88. The second-order valence-electron chi connectivity index (χ2n) is 7.92. The third kappa shape index (κ3) is 7.23. The fourth-order valence-electron chi connectivity index (χ4n) is 3.40. The number of hydrogen-bond acceptors (Lipinski definition) is 4. The molecule has 2 unspecified atom stereocenters. The lowest BCUT2D eigenvalue weighted by Gasteiger charge is -2.39. The van der Waals surface area contributed by atoms with Gasteiger partial charge >= 0.3 is 0 Å². The molecular weight excluding hydrogens is 346 g/mol. The third-order valence-corrected chi connectivity index (χ3v) is 5.24. The first-order chi connectivity index (χ1) is 12.5. The predicted octanol–water partition coefficient (Wildman–Crippen LogP) is 3.56. The van der Waals surface area contributed by atoms with E-state index in [4.69, 9.17) is 14.1 Å². The Bertz CT molecular complexity index is 526. The van der Waals surface area contributed by atoms with Crippen LogP contribution in [-0.2, 0) is 11.2 Å². The number of aliphatic imine (C=N–C) groups is 1. The number of hydrogen-bond donors (Lipinski definition) is 2. The van der Waals surface area contributed by atoms with Crippen LogP contribution in [0.25, 0.3) is 0 Å². The maximum atomic E-state index is 6.09. The summed E-state index contributed by atoms with van der Waals surface area (Å²) in [6.07, 6.45) is 7.29. The molecule has 1 aliphatic heterocycles. The Kier molecular flexibility index (Phi) is 8.85. The minimum atomic E-state index is 0.153. The maximum absolute atomic E-state index is 6.09. The van der Waals surface area contributed by atoms with E-state index in [-0.39, 0.29) is 11.5 Å². The zero-order chi connectivity index (χ0) is 18.8. The highest BCUT2D eigenvalue weighted by Crippen LogP contribution is 2.34. The topological polar surface area (TPSA) is 58.8 Å². The number of furan rings is 1. The molecule has 1 saturated heterocycles. The molecule has 6 heteroatoms. The summed E-state index contributed by atoms with van der Waals surface area (Å²) in [5.74, 6) is 3.43. The molecule has 0 radical (unpaired) electrons. The van der Waals surface area contributed by atoms with Gasteiger partial charge in [0.1, 0.15) is 5.76 Å². The van der Waals surface area contributed by atoms with Crippen molar-refractivity contribution in [2.45, 2.75) is 46.1 Å². The fourth-order valence-corrected chi connectivity index (χ4v) is 3.71. The molecule has 1 aliphatic rings. The van der Waals surface area contributed by atoms with Gasteiger partial charge in [0, 0.05) is 44.3 Å². The molecule has 148 valence electrons. The summed E-state index contributed by atoms with van der Waals surface area (Å²) in [6.45, 7) is 10.2. The molecule has 0 amide bonds. The van der Waals surface area contributed by atoms with E-state index >= 15 is 0 Å². The summed E-state index contributed by atoms with van der Waals surface area (Å²) >= 11 is 1.84. The van der Waals surface area contributed by atoms with E-state index in [9.17, 15) is 0 Å². The first-order valence-electron chi connectivity index (χ1n) is 9.66. The van der Waals surface area contributed by atoms with Crippen LogP contribution in [0.15, 0.2) is 27.8 Å². The van der Waals surface area contributed by atoms with Crippen molar-refractivity contribution in [1.29, 1.82) is 0 Å². The summed E-state index contributed by atoms with van der Waals surface area (Å²) < 4.78 is 11.5. The van der Waals surface area contributed by atoms with Crippen molar-refractivity contribution in [3.63, 3.8) is 0 Å². The lowest BCUT2D eigenvalue weighted by Crippen LogP contribution is -2.43. The molecule has 26 heavy (non-hydrogen) atoms. The molecule has 0 spiro atoms. The van der Waals surface area contributed by atoms with Gasteiger partial charge in [-0.05, 0) is 36.6 Å². The molecule has 1 fully saturated rings. The highest BCUT2D eigenvalue weighted by Gasteiger charge is 2.35. The van der Waals surface area contributed by atoms with Crippen molar-refractivity contribution in [1.82, 2.24) is 10.6 Å². The zero-order valence-corrected chi connectivity index (χ0v) is 17.5. The molecule has 0 aromatic carbocycles. The van der Waals surface area contributed by atoms with Crippen LogP contribution in [0, 0.1) is 11.3 Å². The van der Waals surface area contributed by atoms with Crippen molar-refractivity contribution in [2.75, 3.05) is 38.2 Å². The monoisotopic (exact) mass is 381 g/mol. The van der Waals surface area contributed by atoms with Gasteiger partial charge in [0.25, 0.3) is 0 Å². The maximum Gasteiger partial charge on any atom is 0.191 e. The molecule has 1 aromatic rings. The van der Waals surface area contributed by atoms with Crippen molar-refractivity contribution in [3.8, 4) is 0 Å². The molecule has 2 heterocycles. The Morgan fingerprint density at radius 1 is 1.31 bits per heavy atom. The summed E-state index contributed by atoms with van der Waals surface area (Å²) in [7, 11) is 0. The average molecular weight is 382 g/mol. The SMILES string of the molecule is CSCCNC(=NCC1CCCOC1C(C)(C)C)NCCc1ccco1. The Balaban J connectivity index is 1.91. The van der Waals surface area contributed by atoms with Crippen LogP contribution < -0.4 is 10.6 Å². The first kappa shape index (κ1) is 21.2. The van der Waals surface area contributed by atoms with Crippen LogP contribution in [0.2, 0.25) is 0 Å². The molecule has 1 aromatic heterocycles. The van der Waals surface area contributed by atoms with Crippen LogP contribution >= 0.6 is 11.8 Å². The normalized spacial score (nSPS) is 21.6. The molecule has 0 saturated carbocycles. The largest absolute Gasteiger partial charge is 0.469 e. The van der Waals surface area contributed by atoms with Crippen LogP contribution in [0.1, 0.15) is 39.4 Å². The summed E-state index contributed by atoms with van der Waals surface area (Å²) in [5.41, 5.74) is 0.153. The molecular formula is C20H35N3O2S. The Morgan fingerprint density at radius 3 is 2.81 bits per heavy atom. The minimum absolute atomic E-state index is 0.153. The number of guanidine groups is 1. The molecule has 2 atom stereocenters. The third-order valence-electron chi connectivity index (χ3n) is 4.62. The molecule has 0 aliphatic carbocycles. The van der Waals surface area contributed by atoms with E-state index in [0.717, 1.165) is 56.6 Å². The average Bonchev–Trinajstić information content (AvgIpc) is 3.12. The minimum Gasteiger partial charge on any atom is -0.469 e. The molecule has 2 N–H and O–H groups in total. The van der Waals surface area contributed by atoms with Crippen molar-refractivity contribution >= 4 is 17.7 Å². The predicted molar refractivity (Wildman–Crippen MR) is 111 cm³/mol. The second-order valence-corrected chi connectivity index (χ2v) is 8.91. The number of ether oxygens (including phenoxy) is 1. The van der Waals surface area contributed by atoms with Crippen molar-refractivity contribution in [2.24, 2.45) is 16.3 Å². The zero-order valence-electron chi connectivity index (χ0n) is 16.7. The van der Waals surface area contributed by atoms with Crippen molar-refractivity contribution < 1.29 is 9.15 Å². The number of thioether (sulfide) groups is 1. The molecule has 0 bridgehead atoms. The van der Waals surface area contributed by atoms with Gasteiger partial charge in [-0.1, -0.05) is 20.8 Å². The van der Waals surface area contributed by atoms with E-state index < -0.39 is 0 Å². The Morgan fingerprint density at radius 2 is 2.12 bits per heavy atom. The van der Waals surface area contributed by atoms with Gasteiger partial charge < -0.3 is 19.8 Å². The van der Waals surface area contributed by atoms with Gasteiger partial charge in [-0.25, -0.2) is 0 Å². The van der Waals surface area contributed by atoms with E-state index in [2.05, 4.69) is 37.7 Å². The van der Waals surface area contributed by atoms with Gasteiger partial charge in [-0.3, -0.25) is 4.99 Å². The lowest BCUT2D eigenvalue weighted by molar-refractivity contribution is -0.0823. The summed E-state index contributed by atoms with van der Waals surface area (Å²) in [6, 6.07) is 3.93. The van der Waals surface area contributed by atoms with Gasteiger partial charge in [0.05, 0.1) is 12.4 Å². The fraction of sp³-hybridized carbons (Fsp3) is 0.750. The van der Waals surface area contributed by atoms with E-state index in [1.54, 1.807) is 6.26 Å². The van der Waals surface area contributed by atoms with E-state index in [1.165, 1.54) is 6.42 Å². The van der Waals surface area contributed by atoms with Crippen molar-refractivity contribution in [3.05, 3.63) is 24.2 Å². The summed E-state index contributed by atoms with van der Waals surface area (Å²) in [4.78, 5) is 4.88. The highest BCUT2D eigenvalue weighted by atomic mass is 32.2. The van der Waals surface area contributed by atoms with Crippen LogP contribution in [0.5, 0.6) is 0 Å². The number of rotatable bonds is 8. The molecule has 5 nitrogen and oxygen atoms in total. The molecule has 2 rings (SSSR count). The van der Waals surface area contributed by atoms with Crippen LogP contribution in [0.3, 0.4) is 0 Å². The Labute approximate surface area is 162 Å². The van der Waals surface area contributed by atoms with Gasteiger partial charge in [0.15, 0.2) is 5.96 Å². The number of nitrogens with zero attached hydrogens (tertiary/aromatic N) is 1. The standard InChI is InChI=1S/C20H35N3O2S/c1-20(2,3)18-16(7-5-13-25-18)15-23-19(22-11-14-26-4)21-10-9-17-8-6-12-24-17/h6,8,12,16,18H,5,7,9-11,13-15H2,1-4H3,(H2,21,22,23). The highest BCUT2D eigenvalue weighted by molar-refractivity contribution is 7.98. The smallest absolute Gasteiger partial charge is 0.191 e.